The van der Waals surface area contributed by atoms with E-state index in [0.717, 1.165) is 38.8 Å². The van der Waals surface area contributed by atoms with Gasteiger partial charge in [-0.15, -0.1) is 37.2 Å². The van der Waals surface area contributed by atoms with Gasteiger partial charge < -0.3 is 17.2 Å². The Bertz CT molecular complexity index is 291. The van der Waals surface area contributed by atoms with Crippen molar-refractivity contribution in [2.24, 2.45) is 23.1 Å². The standard InChI is InChI=1S/C14H25N3.3ClH/c15-10-4-8-13(9-5-11-16)14(17)12-6-2-1-3-7-12;;;/h1-3,6-7,13-14H,4-5,8-11,15-17H2;3*1H. The summed E-state index contributed by atoms with van der Waals surface area (Å²) in [6.45, 7) is 1.47. The molecule has 6 N–H and O–H groups in total. The summed E-state index contributed by atoms with van der Waals surface area (Å²) in [5.41, 5.74) is 18.7. The van der Waals surface area contributed by atoms with Gasteiger partial charge in [0, 0.05) is 6.04 Å². The van der Waals surface area contributed by atoms with Gasteiger partial charge in [-0.25, -0.2) is 0 Å². The molecule has 3 nitrogen and oxygen atoms in total. The van der Waals surface area contributed by atoms with Crippen LogP contribution in [0.15, 0.2) is 30.3 Å². The summed E-state index contributed by atoms with van der Waals surface area (Å²) in [6.07, 6.45) is 4.25. The maximum Gasteiger partial charge on any atom is 0.0323 e. The second kappa shape index (κ2) is 15.4. The lowest BCUT2D eigenvalue weighted by Gasteiger charge is -2.24. The molecule has 0 fully saturated rings. The van der Waals surface area contributed by atoms with Crippen LogP contribution in [0.2, 0.25) is 0 Å². The van der Waals surface area contributed by atoms with E-state index in [0.29, 0.717) is 5.92 Å². The van der Waals surface area contributed by atoms with Crippen molar-refractivity contribution in [1.29, 1.82) is 0 Å². The molecule has 120 valence electrons. The molecule has 20 heavy (non-hydrogen) atoms. The van der Waals surface area contributed by atoms with Crippen molar-refractivity contribution < 1.29 is 0 Å². The van der Waals surface area contributed by atoms with Gasteiger partial charge in [-0.3, -0.25) is 0 Å². The molecule has 0 bridgehead atoms. The average Bonchev–Trinajstić information content (AvgIpc) is 2.39. The fourth-order valence-electron chi connectivity index (χ4n) is 2.21. The Hall–Kier alpha value is -0.0300. The summed E-state index contributed by atoms with van der Waals surface area (Å²) in [7, 11) is 0. The van der Waals surface area contributed by atoms with Crippen LogP contribution >= 0.6 is 37.2 Å². The lowest BCUT2D eigenvalue weighted by Crippen LogP contribution is -2.23. The second-order valence-corrected chi connectivity index (χ2v) is 4.56. The summed E-state index contributed by atoms with van der Waals surface area (Å²) in [5, 5.41) is 0. The van der Waals surface area contributed by atoms with E-state index in [9.17, 15) is 0 Å². The van der Waals surface area contributed by atoms with Crippen LogP contribution in [0.1, 0.15) is 37.3 Å². The van der Waals surface area contributed by atoms with Gasteiger partial charge in [-0.1, -0.05) is 30.3 Å². The van der Waals surface area contributed by atoms with E-state index < -0.39 is 0 Å². The SMILES string of the molecule is Cl.Cl.Cl.NCCCC(CCCN)C(N)c1ccccc1. The molecule has 1 unspecified atom stereocenters. The molecule has 0 amide bonds. The van der Waals surface area contributed by atoms with Crippen LogP contribution in [0.4, 0.5) is 0 Å². The third-order valence-electron chi connectivity index (χ3n) is 3.25. The molecule has 0 radical (unpaired) electrons. The van der Waals surface area contributed by atoms with Gasteiger partial charge in [0.25, 0.3) is 0 Å². The van der Waals surface area contributed by atoms with Crippen LogP contribution in [0.25, 0.3) is 0 Å². The highest BCUT2D eigenvalue weighted by atomic mass is 35.5. The molecule has 0 aliphatic rings. The molecule has 0 spiro atoms. The zero-order valence-electron chi connectivity index (χ0n) is 11.7. The zero-order valence-corrected chi connectivity index (χ0v) is 14.2. The van der Waals surface area contributed by atoms with Crippen molar-refractivity contribution in [3.05, 3.63) is 35.9 Å². The Morgan fingerprint density at radius 2 is 1.25 bits per heavy atom. The summed E-state index contributed by atoms with van der Waals surface area (Å²) in [5.74, 6) is 0.490. The molecule has 1 aromatic carbocycles. The van der Waals surface area contributed by atoms with E-state index in [4.69, 9.17) is 17.2 Å². The molecule has 1 rings (SSSR count). The summed E-state index contributed by atoms with van der Waals surface area (Å²) >= 11 is 0. The van der Waals surface area contributed by atoms with Crippen molar-refractivity contribution in [2.75, 3.05) is 13.1 Å². The van der Waals surface area contributed by atoms with E-state index in [1.165, 1.54) is 5.56 Å². The van der Waals surface area contributed by atoms with E-state index >= 15 is 0 Å². The first-order valence-corrected chi connectivity index (χ1v) is 6.50. The Labute approximate surface area is 141 Å². The van der Waals surface area contributed by atoms with Gasteiger partial charge in [0.15, 0.2) is 0 Å². The van der Waals surface area contributed by atoms with Crippen LogP contribution < -0.4 is 17.2 Å². The molecule has 0 saturated heterocycles. The molecule has 0 aliphatic heterocycles. The highest BCUT2D eigenvalue weighted by Crippen LogP contribution is 2.27. The van der Waals surface area contributed by atoms with Crippen LogP contribution in [0, 0.1) is 5.92 Å². The van der Waals surface area contributed by atoms with Gasteiger partial charge >= 0.3 is 0 Å². The third-order valence-corrected chi connectivity index (χ3v) is 3.25. The summed E-state index contributed by atoms with van der Waals surface area (Å²) in [4.78, 5) is 0. The highest BCUT2D eigenvalue weighted by molar-refractivity contribution is 5.86. The van der Waals surface area contributed by atoms with Gasteiger partial charge in [0.2, 0.25) is 0 Å². The van der Waals surface area contributed by atoms with Gasteiger partial charge in [-0.05, 0) is 50.3 Å². The highest BCUT2D eigenvalue weighted by Gasteiger charge is 2.18. The van der Waals surface area contributed by atoms with Crippen LogP contribution in [-0.4, -0.2) is 13.1 Å². The Morgan fingerprint density at radius 1 is 0.800 bits per heavy atom. The molecular weight excluding hydrogens is 317 g/mol. The first-order valence-electron chi connectivity index (χ1n) is 6.50. The lowest BCUT2D eigenvalue weighted by molar-refractivity contribution is 0.361. The van der Waals surface area contributed by atoms with Crippen LogP contribution in [-0.2, 0) is 0 Å². The Morgan fingerprint density at radius 3 is 1.65 bits per heavy atom. The summed E-state index contributed by atoms with van der Waals surface area (Å²) in [6, 6.07) is 10.4. The predicted octanol–water partition coefficient (Wildman–Crippen LogP) is 3.05. The topological polar surface area (TPSA) is 78.1 Å². The monoisotopic (exact) mass is 343 g/mol. The number of hydrogen-bond acceptors (Lipinski definition) is 3. The number of rotatable bonds is 8. The smallest absolute Gasteiger partial charge is 0.0323 e. The fraction of sp³-hybridized carbons (Fsp3) is 0.571. The molecule has 0 saturated carbocycles. The molecule has 1 atom stereocenters. The minimum atomic E-state index is 0. The van der Waals surface area contributed by atoms with Crippen LogP contribution in [0.5, 0.6) is 0 Å². The van der Waals surface area contributed by atoms with Gasteiger partial charge in [-0.2, -0.15) is 0 Å². The summed E-state index contributed by atoms with van der Waals surface area (Å²) < 4.78 is 0. The van der Waals surface area contributed by atoms with Gasteiger partial charge in [0.05, 0.1) is 0 Å². The van der Waals surface area contributed by atoms with E-state index in [1.807, 2.05) is 18.2 Å². The first kappa shape index (κ1) is 25.0. The van der Waals surface area contributed by atoms with E-state index in [1.54, 1.807) is 0 Å². The van der Waals surface area contributed by atoms with Crippen LogP contribution in [0.3, 0.4) is 0 Å². The number of halogens is 3. The Kier molecular flexibility index (Phi) is 19.2. The number of benzene rings is 1. The average molecular weight is 345 g/mol. The van der Waals surface area contributed by atoms with E-state index in [-0.39, 0.29) is 43.3 Å². The zero-order chi connectivity index (χ0) is 12.5. The normalized spacial score (nSPS) is 11.0. The maximum absolute atomic E-state index is 6.34. The molecule has 1 aromatic rings. The van der Waals surface area contributed by atoms with E-state index in [2.05, 4.69) is 12.1 Å². The molecule has 0 aromatic heterocycles. The first-order chi connectivity index (χ1) is 8.29. The minimum absolute atomic E-state index is 0. The fourth-order valence-corrected chi connectivity index (χ4v) is 2.21. The van der Waals surface area contributed by atoms with Crippen molar-refractivity contribution in [3.63, 3.8) is 0 Å². The van der Waals surface area contributed by atoms with Crippen molar-refractivity contribution in [2.45, 2.75) is 31.7 Å². The lowest BCUT2D eigenvalue weighted by atomic mass is 9.86. The maximum atomic E-state index is 6.34. The number of nitrogens with two attached hydrogens (primary N) is 3. The molecule has 0 heterocycles. The van der Waals surface area contributed by atoms with Gasteiger partial charge in [0.1, 0.15) is 0 Å². The van der Waals surface area contributed by atoms with Crippen molar-refractivity contribution in [1.82, 2.24) is 0 Å². The second-order valence-electron chi connectivity index (χ2n) is 4.56. The molecular formula is C14H28Cl3N3. The minimum Gasteiger partial charge on any atom is -0.330 e. The third kappa shape index (κ3) is 9.01. The van der Waals surface area contributed by atoms with Crippen molar-refractivity contribution >= 4 is 37.2 Å². The van der Waals surface area contributed by atoms with Crippen molar-refractivity contribution in [3.8, 4) is 0 Å². The quantitative estimate of drug-likeness (QED) is 0.678. The molecule has 6 heteroatoms. The number of hydrogen-bond donors (Lipinski definition) is 3. The largest absolute Gasteiger partial charge is 0.330 e. The predicted molar refractivity (Wildman–Crippen MR) is 95.2 cm³/mol. The molecule has 0 aliphatic carbocycles. The Balaban J connectivity index is -0.000000963.